The van der Waals surface area contributed by atoms with Gasteiger partial charge in [-0.15, -0.1) is 0 Å². The smallest absolute Gasteiger partial charge is 0.272 e. The summed E-state index contributed by atoms with van der Waals surface area (Å²) in [5, 5.41) is 3.31. The summed E-state index contributed by atoms with van der Waals surface area (Å²) < 4.78 is 5.81. The van der Waals surface area contributed by atoms with E-state index in [9.17, 15) is 4.79 Å². The molecule has 0 radical (unpaired) electrons. The molecule has 0 aliphatic heterocycles. The molecular weight excluding hydrogens is 302 g/mol. The first-order chi connectivity index (χ1) is 11.5. The van der Waals surface area contributed by atoms with Crippen molar-refractivity contribution in [3.05, 3.63) is 48.3 Å². The van der Waals surface area contributed by atoms with Crippen LogP contribution < -0.4 is 10.1 Å². The van der Waals surface area contributed by atoms with Crippen molar-refractivity contribution in [2.24, 2.45) is 0 Å². The zero-order chi connectivity index (χ0) is 17.5. The van der Waals surface area contributed by atoms with Crippen LogP contribution in [-0.2, 0) is 0 Å². The second-order valence-corrected chi connectivity index (χ2v) is 5.69. The van der Waals surface area contributed by atoms with E-state index in [0.29, 0.717) is 18.8 Å². The molecule has 24 heavy (non-hydrogen) atoms. The molecule has 2 rings (SSSR count). The zero-order valence-electron chi connectivity index (χ0n) is 14.7. The van der Waals surface area contributed by atoms with E-state index >= 15 is 0 Å². The number of para-hydroxylation sites is 2. The third-order valence-electron chi connectivity index (χ3n) is 3.56. The topological polar surface area (TPSA) is 54.5 Å². The van der Waals surface area contributed by atoms with E-state index < -0.39 is 0 Å². The highest BCUT2D eigenvalue weighted by Gasteiger charge is 2.14. The van der Waals surface area contributed by atoms with Crippen LogP contribution in [0.2, 0.25) is 0 Å². The van der Waals surface area contributed by atoms with Crippen LogP contribution >= 0.6 is 0 Å². The van der Waals surface area contributed by atoms with Gasteiger partial charge in [-0.3, -0.25) is 9.78 Å². The van der Waals surface area contributed by atoms with Crippen molar-refractivity contribution in [3.63, 3.8) is 0 Å². The van der Waals surface area contributed by atoms with E-state index in [4.69, 9.17) is 4.74 Å². The molecule has 0 spiro atoms. The lowest BCUT2D eigenvalue weighted by Gasteiger charge is -2.19. The lowest BCUT2D eigenvalue weighted by molar-refractivity contribution is 0.0767. The molecule has 0 bridgehead atoms. The Hall–Kier alpha value is -2.56. The van der Waals surface area contributed by atoms with Crippen molar-refractivity contribution < 1.29 is 9.53 Å². The largest absolute Gasteiger partial charge is 0.489 e. The Morgan fingerprint density at radius 2 is 1.92 bits per heavy atom. The van der Waals surface area contributed by atoms with Crippen LogP contribution in [0, 0.1) is 0 Å². The SMILES string of the molecule is CCN(CC)C(=O)c1cc(Nc2ccccc2OC(C)C)ccn1. The summed E-state index contributed by atoms with van der Waals surface area (Å²) in [7, 11) is 0. The maximum Gasteiger partial charge on any atom is 0.272 e. The van der Waals surface area contributed by atoms with Gasteiger partial charge < -0.3 is 15.0 Å². The van der Waals surface area contributed by atoms with E-state index in [1.807, 2.05) is 58.0 Å². The molecule has 1 N–H and O–H groups in total. The summed E-state index contributed by atoms with van der Waals surface area (Å²) in [4.78, 5) is 18.4. The van der Waals surface area contributed by atoms with Gasteiger partial charge in [0.05, 0.1) is 11.8 Å². The van der Waals surface area contributed by atoms with Crippen molar-refractivity contribution in [1.29, 1.82) is 0 Å². The molecule has 1 amide bonds. The fourth-order valence-corrected chi connectivity index (χ4v) is 2.38. The minimum absolute atomic E-state index is 0.0598. The number of ether oxygens (including phenoxy) is 1. The van der Waals surface area contributed by atoms with Crippen molar-refractivity contribution in [2.45, 2.75) is 33.8 Å². The van der Waals surface area contributed by atoms with Gasteiger partial charge in [-0.1, -0.05) is 12.1 Å². The first-order valence-corrected chi connectivity index (χ1v) is 8.33. The lowest BCUT2D eigenvalue weighted by atomic mass is 10.2. The van der Waals surface area contributed by atoms with Gasteiger partial charge in [-0.2, -0.15) is 0 Å². The van der Waals surface area contributed by atoms with E-state index in [2.05, 4.69) is 10.3 Å². The molecule has 0 atom stereocenters. The Labute approximate surface area is 143 Å². The molecule has 0 aliphatic rings. The van der Waals surface area contributed by atoms with E-state index in [0.717, 1.165) is 17.1 Å². The number of aromatic nitrogens is 1. The number of carbonyl (C=O) groups is 1. The second-order valence-electron chi connectivity index (χ2n) is 5.69. The van der Waals surface area contributed by atoms with Gasteiger partial charge in [0.2, 0.25) is 0 Å². The van der Waals surface area contributed by atoms with Crippen LogP contribution in [0.3, 0.4) is 0 Å². The van der Waals surface area contributed by atoms with Crippen LogP contribution in [0.5, 0.6) is 5.75 Å². The number of benzene rings is 1. The molecule has 1 aromatic heterocycles. The van der Waals surface area contributed by atoms with Crippen LogP contribution in [0.25, 0.3) is 0 Å². The molecule has 0 aliphatic carbocycles. The average molecular weight is 327 g/mol. The quantitative estimate of drug-likeness (QED) is 0.832. The molecule has 0 saturated carbocycles. The minimum Gasteiger partial charge on any atom is -0.489 e. The monoisotopic (exact) mass is 327 g/mol. The molecule has 128 valence electrons. The predicted molar refractivity (Wildman–Crippen MR) is 97.0 cm³/mol. The van der Waals surface area contributed by atoms with E-state index in [-0.39, 0.29) is 12.0 Å². The molecule has 5 heteroatoms. The molecule has 0 saturated heterocycles. The number of rotatable bonds is 7. The maximum atomic E-state index is 12.4. The Bertz CT molecular complexity index is 682. The highest BCUT2D eigenvalue weighted by atomic mass is 16.5. The highest BCUT2D eigenvalue weighted by molar-refractivity contribution is 5.93. The molecule has 1 heterocycles. The fourth-order valence-electron chi connectivity index (χ4n) is 2.38. The Morgan fingerprint density at radius 3 is 2.58 bits per heavy atom. The zero-order valence-corrected chi connectivity index (χ0v) is 14.7. The number of nitrogens with one attached hydrogen (secondary N) is 1. The third-order valence-corrected chi connectivity index (χ3v) is 3.56. The Balaban J connectivity index is 2.23. The van der Waals surface area contributed by atoms with E-state index in [1.165, 1.54) is 0 Å². The van der Waals surface area contributed by atoms with Crippen LogP contribution in [0.4, 0.5) is 11.4 Å². The van der Waals surface area contributed by atoms with Gasteiger partial charge in [-0.25, -0.2) is 0 Å². The van der Waals surface area contributed by atoms with Crippen molar-refractivity contribution in [3.8, 4) is 5.75 Å². The number of hydrogen-bond donors (Lipinski definition) is 1. The van der Waals surface area contributed by atoms with Crippen LogP contribution in [0.1, 0.15) is 38.2 Å². The molecule has 1 aromatic carbocycles. The molecule has 2 aromatic rings. The van der Waals surface area contributed by atoms with Gasteiger partial charge in [0, 0.05) is 25.0 Å². The summed E-state index contributed by atoms with van der Waals surface area (Å²) in [6.07, 6.45) is 1.73. The number of hydrogen-bond acceptors (Lipinski definition) is 4. The summed E-state index contributed by atoms with van der Waals surface area (Å²) in [5.41, 5.74) is 2.10. The van der Waals surface area contributed by atoms with Gasteiger partial charge in [0.25, 0.3) is 5.91 Å². The molecular formula is C19H25N3O2. The highest BCUT2D eigenvalue weighted by Crippen LogP contribution is 2.28. The van der Waals surface area contributed by atoms with Crippen molar-refractivity contribution in [1.82, 2.24) is 9.88 Å². The third kappa shape index (κ3) is 4.47. The predicted octanol–water partition coefficient (Wildman–Crippen LogP) is 4.09. The van der Waals surface area contributed by atoms with Gasteiger partial charge in [0.1, 0.15) is 11.4 Å². The number of nitrogens with zero attached hydrogens (tertiary/aromatic N) is 2. The number of anilines is 2. The first kappa shape index (κ1) is 17.8. The number of amides is 1. The first-order valence-electron chi connectivity index (χ1n) is 8.33. The molecule has 0 fully saturated rings. The average Bonchev–Trinajstić information content (AvgIpc) is 2.57. The summed E-state index contributed by atoms with van der Waals surface area (Å²) >= 11 is 0. The van der Waals surface area contributed by atoms with Crippen LogP contribution in [-0.4, -0.2) is 35.0 Å². The Morgan fingerprint density at radius 1 is 1.21 bits per heavy atom. The van der Waals surface area contributed by atoms with Crippen molar-refractivity contribution >= 4 is 17.3 Å². The summed E-state index contributed by atoms with van der Waals surface area (Å²) in [6, 6.07) is 11.4. The minimum atomic E-state index is -0.0598. The lowest BCUT2D eigenvalue weighted by Crippen LogP contribution is -2.31. The van der Waals surface area contributed by atoms with E-state index in [1.54, 1.807) is 17.2 Å². The van der Waals surface area contributed by atoms with Gasteiger partial charge >= 0.3 is 0 Å². The summed E-state index contributed by atoms with van der Waals surface area (Å²) in [5.74, 6) is 0.719. The fraction of sp³-hybridized carbons (Fsp3) is 0.368. The second kappa shape index (κ2) is 8.34. The van der Waals surface area contributed by atoms with Gasteiger partial charge in [0.15, 0.2) is 0 Å². The number of pyridine rings is 1. The van der Waals surface area contributed by atoms with Crippen LogP contribution in [0.15, 0.2) is 42.6 Å². The molecule has 0 unspecified atom stereocenters. The molecule has 5 nitrogen and oxygen atoms in total. The van der Waals surface area contributed by atoms with Crippen molar-refractivity contribution in [2.75, 3.05) is 18.4 Å². The number of carbonyl (C=O) groups excluding carboxylic acids is 1. The summed E-state index contributed by atoms with van der Waals surface area (Å²) in [6.45, 7) is 9.24. The van der Waals surface area contributed by atoms with Gasteiger partial charge in [-0.05, 0) is 52.0 Å². The maximum absolute atomic E-state index is 12.4. The standard InChI is InChI=1S/C19H25N3O2/c1-5-22(6-2)19(23)17-13-15(11-12-20-17)21-16-9-7-8-10-18(16)24-14(3)4/h7-14H,5-6H2,1-4H3,(H,20,21). The Kier molecular flexibility index (Phi) is 6.18. The normalized spacial score (nSPS) is 10.5.